The van der Waals surface area contributed by atoms with Crippen molar-refractivity contribution >= 4 is 28.3 Å². The molecule has 0 saturated heterocycles. The summed E-state index contributed by atoms with van der Waals surface area (Å²) in [5, 5.41) is 8.72. The molecule has 0 spiro atoms. The zero-order valence-electron chi connectivity index (χ0n) is 17.0. The van der Waals surface area contributed by atoms with Crippen molar-refractivity contribution < 1.29 is 28.3 Å². The Morgan fingerprint density at radius 1 is 1.20 bits per heavy atom. The van der Waals surface area contributed by atoms with Gasteiger partial charge >= 0.3 is 5.97 Å². The molecule has 30 heavy (non-hydrogen) atoms. The molecule has 2 heterocycles. The molecule has 1 amide bonds. The second-order valence-corrected chi connectivity index (χ2v) is 7.23. The number of anilines is 1. The summed E-state index contributed by atoms with van der Waals surface area (Å²) < 4.78 is 21.3. The minimum absolute atomic E-state index is 0.231. The maximum Gasteiger partial charge on any atom is 0.338 e. The molecule has 3 aromatic rings. The Labute approximate surface area is 177 Å². The van der Waals surface area contributed by atoms with Crippen LogP contribution in [0.4, 0.5) is 5.13 Å². The zero-order valence-corrected chi connectivity index (χ0v) is 17.8. The third-order valence-electron chi connectivity index (χ3n) is 4.15. The molecule has 0 fully saturated rings. The number of aryl methyl sites for hydroxylation is 3. The van der Waals surface area contributed by atoms with Crippen LogP contribution in [0, 0.1) is 20.8 Å². The van der Waals surface area contributed by atoms with Gasteiger partial charge in [-0.1, -0.05) is 5.16 Å². The number of nitrogens with zero attached hydrogens (tertiary/aromatic N) is 2. The number of ether oxygens (including phenoxy) is 3. The summed E-state index contributed by atoms with van der Waals surface area (Å²) in [6.07, 6.45) is 0. The molecule has 0 radical (unpaired) electrons. The quantitative estimate of drug-likeness (QED) is 0.540. The number of rotatable bonds is 8. The van der Waals surface area contributed by atoms with Crippen molar-refractivity contribution in [2.75, 3.05) is 19.0 Å². The standard InChI is InChI=1S/C20H21N3O6S/c1-11-10-30-20(21-11)22-18(24)9-28-19(25)14-5-6-16(17(7-14)26-4)27-8-15-12(2)23-29-13(15)3/h5-7,10H,8-9H2,1-4H3,(H,21,22,24). The Kier molecular flexibility index (Phi) is 6.68. The lowest BCUT2D eigenvalue weighted by Gasteiger charge is -2.12. The van der Waals surface area contributed by atoms with E-state index >= 15 is 0 Å². The molecule has 1 aromatic carbocycles. The lowest BCUT2D eigenvalue weighted by atomic mass is 10.2. The predicted molar refractivity (Wildman–Crippen MR) is 109 cm³/mol. The number of benzene rings is 1. The Balaban J connectivity index is 1.59. The molecule has 0 saturated carbocycles. The van der Waals surface area contributed by atoms with Crippen LogP contribution in [0.25, 0.3) is 0 Å². The van der Waals surface area contributed by atoms with Crippen LogP contribution in [0.2, 0.25) is 0 Å². The van der Waals surface area contributed by atoms with Crippen LogP contribution in [0.3, 0.4) is 0 Å². The Morgan fingerprint density at radius 2 is 2.00 bits per heavy atom. The van der Waals surface area contributed by atoms with E-state index in [0.29, 0.717) is 22.4 Å². The highest BCUT2D eigenvalue weighted by Gasteiger charge is 2.16. The number of carbonyl (C=O) groups is 2. The van der Waals surface area contributed by atoms with E-state index in [4.69, 9.17) is 18.7 Å². The van der Waals surface area contributed by atoms with Gasteiger partial charge in [-0.05, 0) is 39.0 Å². The van der Waals surface area contributed by atoms with Crippen molar-refractivity contribution in [2.24, 2.45) is 0 Å². The van der Waals surface area contributed by atoms with Gasteiger partial charge in [0.15, 0.2) is 23.2 Å². The number of esters is 1. The van der Waals surface area contributed by atoms with E-state index in [1.807, 2.05) is 19.2 Å². The minimum Gasteiger partial charge on any atom is -0.493 e. The van der Waals surface area contributed by atoms with Crippen LogP contribution in [0.15, 0.2) is 28.1 Å². The highest BCUT2D eigenvalue weighted by atomic mass is 32.1. The van der Waals surface area contributed by atoms with Gasteiger partial charge in [0.2, 0.25) is 0 Å². The van der Waals surface area contributed by atoms with E-state index in [9.17, 15) is 9.59 Å². The first-order valence-corrected chi connectivity index (χ1v) is 9.87. The van der Waals surface area contributed by atoms with E-state index in [2.05, 4.69) is 15.5 Å². The van der Waals surface area contributed by atoms with Gasteiger partial charge in [-0.25, -0.2) is 9.78 Å². The first-order valence-electron chi connectivity index (χ1n) is 8.99. The summed E-state index contributed by atoms with van der Waals surface area (Å²) >= 11 is 1.30. The zero-order chi connectivity index (χ0) is 21.7. The number of amides is 1. The number of methoxy groups -OCH3 is 1. The Morgan fingerprint density at radius 3 is 2.63 bits per heavy atom. The van der Waals surface area contributed by atoms with Crippen LogP contribution >= 0.6 is 11.3 Å². The van der Waals surface area contributed by atoms with Gasteiger partial charge < -0.3 is 18.7 Å². The second-order valence-electron chi connectivity index (χ2n) is 6.38. The highest BCUT2D eigenvalue weighted by Crippen LogP contribution is 2.29. The fourth-order valence-electron chi connectivity index (χ4n) is 2.55. The lowest BCUT2D eigenvalue weighted by Crippen LogP contribution is -2.20. The maximum atomic E-state index is 12.3. The number of hydrogen-bond donors (Lipinski definition) is 1. The molecule has 10 heteroatoms. The SMILES string of the molecule is COc1cc(C(=O)OCC(=O)Nc2nc(C)cs2)ccc1OCc1c(C)noc1C. The molecule has 0 aliphatic rings. The van der Waals surface area contributed by atoms with Gasteiger partial charge in [-0.3, -0.25) is 10.1 Å². The largest absolute Gasteiger partial charge is 0.493 e. The maximum absolute atomic E-state index is 12.3. The van der Waals surface area contributed by atoms with E-state index in [1.54, 1.807) is 13.0 Å². The van der Waals surface area contributed by atoms with Crippen molar-refractivity contribution in [1.29, 1.82) is 0 Å². The van der Waals surface area contributed by atoms with E-state index in [0.717, 1.165) is 17.0 Å². The van der Waals surface area contributed by atoms with Crippen molar-refractivity contribution in [3.05, 3.63) is 51.9 Å². The summed E-state index contributed by atoms with van der Waals surface area (Å²) in [5.74, 6) is 0.364. The molecule has 9 nitrogen and oxygen atoms in total. The molecule has 1 N–H and O–H groups in total. The first-order chi connectivity index (χ1) is 14.4. The number of aromatic nitrogens is 2. The summed E-state index contributed by atoms with van der Waals surface area (Å²) in [4.78, 5) is 28.3. The van der Waals surface area contributed by atoms with Crippen molar-refractivity contribution in [3.63, 3.8) is 0 Å². The highest BCUT2D eigenvalue weighted by molar-refractivity contribution is 7.13. The van der Waals surface area contributed by atoms with Gasteiger partial charge in [0.1, 0.15) is 12.4 Å². The minimum atomic E-state index is -0.656. The van der Waals surface area contributed by atoms with Crippen molar-refractivity contribution in [1.82, 2.24) is 10.1 Å². The first kappa shape index (κ1) is 21.3. The van der Waals surface area contributed by atoms with Gasteiger partial charge in [0, 0.05) is 5.38 Å². The van der Waals surface area contributed by atoms with Crippen LogP contribution in [-0.4, -0.2) is 35.7 Å². The molecular weight excluding hydrogens is 410 g/mol. The summed E-state index contributed by atoms with van der Waals surface area (Å²) in [5.41, 5.74) is 2.63. The fraction of sp³-hybridized carbons (Fsp3) is 0.300. The van der Waals surface area contributed by atoms with Crippen LogP contribution < -0.4 is 14.8 Å². The average molecular weight is 431 g/mol. The topological polar surface area (TPSA) is 113 Å². The number of hydrogen-bond acceptors (Lipinski definition) is 9. The van der Waals surface area contributed by atoms with Gasteiger partial charge in [0.25, 0.3) is 5.91 Å². The smallest absolute Gasteiger partial charge is 0.338 e. The molecule has 0 bridgehead atoms. The molecular formula is C20H21N3O6S. The molecule has 0 aliphatic heterocycles. The monoisotopic (exact) mass is 431 g/mol. The number of carbonyl (C=O) groups excluding carboxylic acids is 2. The molecule has 0 unspecified atom stereocenters. The van der Waals surface area contributed by atoms with Crippen LogP contribution in [0.1, 0.15) is 33.1 Å². The van der Waals surface area contributed by atoms with E-state index in [-0.39, 0.29) is 12.2 Å². The van der Waals surface area contributed by atoms with E-state index in [1.165, 1.54) is 30.6 Å². The number of nitrogens with one attached hydrogen (secondary N) is 1. The third kappa shape index (κ3) is 5.15. The Hall–Kier alpha value is -3.40. The lowest BCUT2D eigenvalue weighted by molar-refractivity contribution is -0.119. The average Bonchev–Trinajstić information content (AvgIpc) is 3.28. The van der Waals surface area contributed by atoms with E-state index < -0.39 is 18.5 Å². The van der Waals surface area contributed by atoms with Gasteiger partial charge in [-0.15, -0.1) is 11.3 Å². The van der Waals surface area contributed by atoms with Gasteiger partial charge in [-0.2, -0.15) is 0 Å². The Bertz CT molecular complexity index is 1040. The van der Waals surface area contributed by atoms with Crippen LogP contribution in [-0.2, 0) is 16.1 Å². The number of thiazole rings is 1. The van der Waals surface area contributed by atoms with Crippen LogP contribution in [0.5, 0.6) is 11.5 Å². The molecule has 0 atom stereocenters. The molecule has 0 aliphatic carbocycles. The molecule has 158 valence electrons. The molecule has 2 aromatic heterocycles. The predicted octanol–water partition coefficient (Wildman–Crippen LogP) is 3.44. The van der Waals surface area contributed by atoms with Crippen molar-refractivity contribution in [3.8, 4) is 11.5 Å². The summed E-state index contributed by atoms with van der Waals surface area (Å²) in [6, 6.07) is 4.63. The summed E-state index contributed by atoms with van der Waals surface area (Å²) in [7, 11) is 1.47. The third-order valence-corrected chi connectivity index (χ3v) is 5.03. The second kappa shape index (κ2) is 9.40. The van der Waals surface area contributed by atoms with Gasteiger partial charge in [0.05, 0.1) is 29.6 Å². The molecule has 3 rings (SSSR count). The summed E-state index contributed by atoms with van der Waals surface area (Å²) in [6.45, 7) is 5.28. The fourth-order valence-corrected chi connectivity index (χ4v) is 3.26. The van der Waals surface area contributed by atoms with Crippen molar-refractivity contribution in [2.45, 2.75) is 27.4 Å². The normalized spacial score (nSPS) is 10.5.